The van der Waals surface area contributed by atoms with Gasteiger partial charge < -0.3 is 10.4 Å². The first kappa shape index (κ1) is 12.6. The number of aryl methyl sites for hydroxylation is 1. The standard InChI is InChI=1S/C14H11N3O2/c1-9-2-3-11(6-12(9)14(18)19)17-13-8-16-5-4-10(13)7-15/h2-6,8,17H,1H3,(H,18,19). The highest BCUT2D eigenvalue weighted by atomic mass is 16.4. The fourth-order valence-corrected chi connectivity index (χ4v) is 1.68. The lowest BCUT2D eigenvalue weighted by molar-refractivity contribution is 0.0696. The van der Waals surface area contributed by atoms with Gasteiger partial charge in [0.15, 0.2) is 0 Å². The molecule has 2 N–H and O–H groups in total. The van der Waals surface area contributed by atoms with Crippen LogP contribution < -0.4 is 5.32 Å². The van der Waals surface area contributed by atoms with E-state index in [2.05, 4.69) is 10.3 Å². The van der Waals surface area contributed by atoms with Crippen molar-refractivity contribution in [2.75, 3.05) is 5.32 Å². The van der Waals surface area contributed by atoms with Crippen molar-refractivity contribution in [2.45, 2.75) is 6.92 Å². The fraction of sp³-hybridized carbons (Fsp3) is 0.0714. The third-order valence-corrected chi connectivity index (χ3v) is 2.69. The van der Waals surface area contributed by atoms with E-state index in [-0.39, 0.29) is 5.56 Å². The van der Waals surface area contributed by atoms with Crippen molar-refractivity contribution in [1.29, 1.82) is 5.26 Å². The summed E-state index contributed by atoms with van der Waals surface area (Å²) in [5.41, 5.74) is 2.52. The van der Waals surface area contributed by atoms with E-state index in [1.165, 1.54) is 18.5 Å². The minimum absolute atomic E-state index is 0.229. The van der Waals surface area contributed by atoms with Crippen LogP contribution in [0.25, 0.3) is 0 Å². The number of anilines is 2. The summed E-state index contributed by atoms with van der Waals surface area (Å²) in [5, 5.41) is 21.0. The molecule has 5 nitrogen and oxygen atoms in total. The van der Waals surface area contributed by atoms with Gasteiger partial charge in [-0.3, -0.25) is 4.98 Å². The molecule has 5 heteroatoms. The van der Waals surface area contributed by atoms with Gasteiger partial charge in [-0.25, -0.2) is 4.79 Å². The number of aromatic nitrogens is 1. The first-order chi connectivity index (χ1) is 9.11. The predicted molar refractivity (Wildman–Crippen MR) is 70.4 cm³/mol. The van der Waals surface area contributed by atoms with Crippen LogP contribution in [0.15, 0.2) is 36.7 Å². The Morgan fingerprint density at radius 3 is 2.89 bits per heavy atom. The third kappa shape index (κ3) is 2.69. The van der Waals surface area contributed by atoms with Gasteiger partial charge in [0, 0.05) is 11.9 Å². The second-order valence-electron chi connectivity index (χ2n) is 3.99. The van der Waals surface area contributed by atoms with Crippen LogP contribution in [0.2, 0.25) is 0 Å². The van der Waals surface area contributed by atoms with Crippen LogP contribution >= 0.6 is 0 Å². The van der Waals surface area contributed by atoms with Crippen molar-refractivity contribution >= 4 is 17.3 Å². The molecule has 0 aliphatic carbocycles. The van der Waals surface area contributed by atoms with Crippen LogP contribution in [0, 0.1) is 18.3 Å². The van der Waals surface area contributed by atoms with Crippen molar-refractivity contribution in [3.63, 3.8) is 0 Å². The van der Waals surface area contributed by atoms with E-state index >= 15 is 0 Å². The molecule has 0 spiro atoms. The summed E-state index contributed by atoms with van der Waals surface area (Å²) < 4.78 is 0. The molecule has 0 radical (unpaired) electrons. The van der Waals surface area contributed by atoms with Crippen molar-refractivity contribution in [3.05, 3.63) is 53.3 Å². The molecule has 0 aliphatic rings. The molecular weight excluding hydrogens is 242 g/mol. The summed E-state index contributed by atoms with van der Waals surface area (Å²) in [5.74, 6) is -0.979. The number of aromatic carboxylic acids is 1. The Morgan fingerprint density at radius 1 is 1.42 bits per heavy atom. The fourth-order valence-electron chi connectivity index (χ4n) is 1.68. The van der Waals surface area contributed by atoms with E-state index in [1.807, 2.05) is 6.07 Å². The van der Waals surface area contributed by atoms with Crippen molar-refractivity contribution in [2.24, 2.45) is 0 Å². The largest absolute Gasteiger partial charge is 0.478 e. The Hall–Kier alpha value is -2.87. The second kappa shape index (κ2) is 5.19. The lowest BCUT2D eigenvalue weighted by Crippen LogP contribution is -2.01. The smallest absolute Gasteiger partial charge is 0.336 e. The Kier molecular flexibility index (Phi) is 3.44. The van der Waals surface area contributed by atoms with E-state index in [4.69, 9.17) is 10.4 Å². The zero-order valence-electron chi connectivity index (χ0n) is 10.2. The number of nitrogens with zero attached hydrogens (tertiary/aromatic N) is 2. The number of carbonyl (C=O) groups is 1. The molecule has 2 rings (SSSR count). The van der Waals surface area contributed by atoms with Gasteiger partial charge in [0.05, 0.1) is 23.0 Å². The Morgan fingerprint density at radius 2 is 2.21 bits per heavy atom. The molecule has 19 heavy (non-hydrogen) atoms. The van der Waals surface area contributed by atoms with E-state index < -0.39 is 5.97 Å². The molecule has 2 aromatic rings. The highest BCUT2D eigenvalue weighted by molar-refractivity contribution is 5.90. The number of rotatable bonds is 3. The van der Waals surface area contributed by atoms with Crippen LogP contribution in [-0.4, -0.2) is 16.1 Å². The maximum Gasteiger partial charge on any atom is 0.336 e. The van der Waals surface area contributed by atoms with Crippen LogP contribution in [0.3, 0.4) is 0 Å². The van der Waals surface area contributed by atoms with E-state index in [9.17, 15) is 4.79 Å². The number of nitrogens with one attached hydrogen (secondary N) is 1. The summed E-state index contributed by atoms with van der Waals surface area (Å²) >= 11 is 0. The van der Waals surface area contributed by atoms with Crippen LogP contribution in [0.5, 0.6) is 0 Å². The number of pyridine rings is 1. The number of hydrogen-bond acceptors (Lipinski definition) is 4. The minimum Gasteiger partial charge on any atom is -0.478 e. The molecular formula is C14H11N3O2. The SMILES string of the molecule is Cc1ccc(Nc2cnccc2C#N)cc1C(=O)O. The zero-order chi connectivity index (χ0) is 13.8. The van der Waals surface area contributed by atoms with Crippen LogP contribution in [0.4, 0.5) is 11.4 Å². The summed E-state index contributed by atoms with van der Waals surface area (Å²) in [6.45, 7) is 1.73. The summed E-state index contributed by atoms with van der Waals surface area (Å²) in [6, 6.07) is 8.65. The lowest BCUT2D eigenvalue weighted by atomic mass is 10.1. The maximum absolute atomic E-state index is 11.1. The molecule has 1 heterocycles. The highest BCUT2D eigenvalue weighted by Crippen LogP contribution is 2.21. The number of hydrogen-bond donors (Lipinski definition) is 2. The van der Waals surface area contributed by atoms with Gasteiger partial charge in [-0.15, -0.1) is 0 Å². The molecule has 0 saturated carbocycles. The number of benzene rings is 1. The molecule has 0 amide bonds. The normalized spacial score (nSPS) is 9.68. The molecule has 0 aliphatic heterocycles. The van der Waals surface area contributed by atoms with Crippen LogP contribution in [-0.2, 0) is 0 Å². The predicted octanol–water partition coefficient (Wildman–Crippen LogP) is 2.70. The quantitative estimate of drug-likeness (QED) is 0.878. The van der Waals surface area contributed by atoms with E-state index in [1.54, 1.807) is 25.1 Å². The molecule has 0 saturated heterocycles. The molecule has 0 atom stereocenters. The van der Waals surface area contributed by atoms with Gasteiger partial charge in [-0.2, -0.15) is 5.26 Å². The van der Waals surface area contributed by atoms with Crippen LogP contribution in [0.1, 0.15) is 21.5 Å². The van der Waals surface area contributed by atoms with Crippen molar-refractivity contribution in [3.8, 4) is 6.07 Å². The van der Waals surface area contributed by atoms with Crippen molar-refractivity contribution in [1.82, 2.24) is 4.98 Å². The molecule has 0 bridgehead atoms. The van der Waals surface area contributed by atoms with Gasteiger partial charge in [0.1, 0.15) is 6.07 Å². The lowest BCUT2D eigenvalue weighted by Gasteiger charge is -2.09. The summed E-state index contributed by atoms with van der Waals surface area (Å²) in [4.78, 5) is 15.0. The molecule has 0 fully saturated rings. The molecule has 1 aromatic heterocycles. The summed E-state index contributed by atoms with van der Waals surface area (Å²) in [7, 11) is 0. The molecule has 94 valence electrons. The second-order valence-corrected chi connectivity index (χ2v) is 3.99. The Labute approximate surface area is 110 Å². The third-order valence-electron chi connectivity index (χ3n) is 2.69. The molecule has 0 unspecified atom stereocenters. The number of carboxylic acid groups (broad SMARTS) is 1. The zero-order valence-corrected chi connectivity index (χ0v) is 10.2. The van der Waals surface area contributed by atoms with Gasteiger partial charge in [0.2, 0.25) is 0 Å². The first-order valence-corrected chi connectivity index (χ1v) is 5.57. The summed E-state index contributed by atoms with van der Waals surface area (Å²) in [6.07, 6.45) is 3.06. The van der Waals surface area contributed by atoms with Gasteiger partial charge in [-0.05, 0) is 30.7 Å². The number of nitriles is 1. The average Bonchev–Trinajstić information content (AvgIpc) is 2.41. The van der Waals surface area contributed by atoms with Gasteiger partial charge >= 0.3 is 5.97 Å². The van der Waals surface area contributed by atoms with Gasteiger partial charge in [0.25, 0.3) is 0 Å². The number of carboxylic acids is 1. The Bertz CT molecular complexity index is 675. The first-order valence-electron chi connectivity index (χ1n) is 5.57. The minimum atomic E-state index is -0.979. The van der Waals surface area contributed by atoms with E-state index in [0.29, 0.717) is 22.5 Å². The maximum atomic E-state index is 11.1. The molecule has 1 aromatic carbocycles. The average molecular weight is 253 g/mol. The topological polar surface area (TPSA) is 86.0 Å². The highest BCUT2D eigenvalue weighted by Gasteiger charge is 2.09. The van der Waals surface area contributed by atoms with Gasteiger partial charge in [-0.1, -0.05) is 6.07 Å². The monoisotopic (exact) mass is 253 g/mol. The van der Waals surface area contributed by atoms with Crippen molar-refractivity contribution < 1.29 is 9.90 Å². The Balaban J connectivity index is 2.37. The van der Waals surface area contributed by atoms with E-state index in [0.717, 1.165) is 0 Å².